The molecule has 140 valence electrons. The van der Waals surface area contributed by atoms with Crippen molar-refractivity contribution < 1.29 is 4.79 Å². The number of anilines is 2. The van der Waals surface area contributed by atoms with E-state index in [4.69, 9.17) is 0 Å². The van der Waals surface area contributed by atoms with E-state index in [1.54, 1.807) is 24.3 Å². The first-order valence-electron chi connectivity index (χ1n) is 8.90. The van der Waals surface area contributed by atoms with Gasteiger partial charge in [0.15, 0.2) is 0 Å². The summed E-state index contributed by atoms with van der Waals surface area (Å²) in [6.45, 7) is 5.71. The van der Waals surface area contributed by atoms with E-state index in [0.717, 1.165) is 23.5 Å². The van der Waals surface area contributed by atoms with E-state index in [-0.39, 0.29) is 11.9 Å². The SMILES string of the molecule is CCN(CC)c1ccc(NC(=O)Cn2[nH]c(=O)c3ccccc3c2=O)cc1. The molecule has 7 nitrogen and oxygen atoms in total. The summed E-state index contributed by atoms with van der Waals surface area (Å²) in [7, 11) is 0. The van der Waals surface area contributed by atoms with Crippen LogP contribution in [0, 0.1) is 0 Å². The van der Waals surface area contributed by atoms with E-state index in [9.17, 15) is 14.4 Å². The Bertz CT molecular complexity index is 1060. The van der Waals surface area contributed by atoms with Gasteiger partial charge in [-0.1, -0.05) is 12.1 Å². The topological polar surface area (TPSA) is 87.2 Å². The first-order valence-corrected chi connectivity index (χ1v) is 8.90. The Labute approximate surface area is 156 Å². The van der Waals surface area contributed by atoms with E-state index in [2.05, 4.69) is 29.2 Å². The maximum absolute atomic E-state index is 12.5. The fourth-order valence-corrected chi connectivity index (χ4v) is 3.05. The number of carbonyl (C=O) groups excluding carboxylic acids is 1. The molecule has 1 aromatic heterocycles. The fraction of sp³-hybridized carbons (Fsp3) is 0.250. The Morgan fingerprint density at radius 2 is 1.63 bits per heavy atom. The minimum atomic E-state index is -0.405. The van der Waals surface area contributed by atoms with Gasteiger partial charge in [0, 0.05) is 24.5 Å². The summed E-state index contributed by atoms with van der Waals surface area (Å²) in [5.41, 5.74) is 0.902. The first-order chi connectivity index (χ1) is 13.0. The summed E-state index contributed by atoms with van der Waals surface area (Å²) in [6.07, 6.45) is 0. The molecule has 1 amide bonds. The second-order valence-corrected chi connectivity index (χ2v) is 6.15. The molecule has 0 aliphatic heterocycles. The van der Waals surface area contributed by atoms with Crippen LogP contribution in [0.15, 0.2) is 58.1 Å². The van der Waals surface area contributed by atoms with Crippen molar-refractivity contribution in [2.24, 2.45) is 0 Å². The Morgan fingerprint density at radius 3 is 2.26 bits per heavy atom. The molecule has 0 fully saturated rings. The molecule has 3 rings (SSSR count). The zero-order chi connectivity index (χ0) is 19.4. The van der Waals surface area contributed by atoms with Gasteiger partial charge < -0.3 is 10.2 Å². The summed E-state index contributed by atoms with van der Waals surface area (Å²) in [5, 5.41) is 5.80. The van der Waals surface area contributed by atoms with Crippen LogP contribution < -0.4 is 21.3 Å². The van der Waals surface area contributed by atoms with Gasteiger partial charge in [-0.25, -0.2) is 4.68 Å². The predicted molar refractivity (Wildman–Crippen MR) is 107 cm³/mol. The lowest BCUT2D eigenvalue weighted by Crippen LogP contribution is -2.34. The fourth-order valence-electron chi connectivity index (χ4n) is 3.05. The van der Waals surface area contributed by atoms with Gasteiger partial charge in [0.1, 0.15) is 6.54 Å². The number of fused-ring (bicyclic) bond motifs is 1. The van der Waals surface area contributed by atoms with Crippen LogP contribution in [0.25, 0.3) is 10.8 Å². The minimum Gasteiger partial charge on any atom is -0.372 e. The number of aromatic nitrogens is 2. The Kier molecular flexibility index (Phi) is 5.40. The number of hydrogen-bond acceptors (Lipinski definition) is 4. The van der Waals surface area contributed by atoms with Crippen molar-refractivity contribution in [3.63, 3.8) is 0 Å². The highest BCUT2D eigenvalue weighted by atomic mass is 16.2. The van der Waals surface area contributed by atoms with Gasteiger partial charge >= 0.3 is 0 Å². The van der Waals surface area contributed by atoms with Crippen LogP contribution in [0.1, 0.15) is 13.8 Å². The number of hydrogen-bond donors (Lipinski definition) is 2. The third kappa shape index (κ3) is 3.92. The van der Waals surface area contributed by atoms with Gasteiger partial charge in [-0.15, -0.1) is 0 Å². The molecule has 2 N–H and O–H groups in total. The van der Waals surface area contributed by atoms with Crippen LogP contribution in [0.3, 0.4) is 0 Å². The number of aromatic amines is 1. The molecule has 0 saturated heterocycles. The van der Waals surface area contributed by atoms with Crippen LogP contribution in [0.2, 0.25) is 0 Å². The van der Waals surface area contributed by atoms with Gasteiger partial charge in [-0.2, -0.15) is 0 Å². The summed E-state index contributed by atoms with van der Waals surface area (Å²) in [6, 6.07) is 14.0. The number of benzene rings is 2. The van der Waals surface area contributed by atoms with Crippen molar-refractivity contribution in [2.45, 2.75) is 20.4 Å². The maximum atomic E-state index is 12.5. The molecule has 0 spiro atoms. The van der Waals surface area contributed by atoms with E-state index >= 15 is 0 Å². The third-order valence-electron chi connectivity index (χ3n) is 4.47. The van der Waals surface area contributed by atoms with Crippen molar-refractivity contribution in [1.82, 2.24) is 9.78 Å². The smallest absolute Gasteiger partial charge is 0.273 e. The molecule has 0 saturated carbocycles. The van der Waals surface area contributed by atoms with E-state index in [0.29, 0.717) is 11.1 Å². The number of carbonyl (C=O) groups is 1. The number of nitrogens with zero attached hydrogens (tertiary/aromatic N) is 2. The van der Waals surface area contributed by atoms with Gasteiger partial charge in [-0.3, -0.25) is 19.5 Å². The number of amides is 1. The number of nitrogens with one attached hydrogen (secondary N) is 2. The summed E-state index contributed by atoms with van der Waals surface area (Å²) >= 11 is 0. The molecule has 0 bridgehead atoms. The second-order valence-electron chi connectivity index (χ2n) is 6.15. The van der Waals surface area contributed by atoms with Gasteiger partial charge in [0.25, 0.3) is 11.1 Å². The minimum absolute atomic E-state index is 0.267. The monoisotopic (exact) mass is 366 g/mol. The predicted octanol–water partition coefficient (Wildman–Crippen LogP) is 2.17. The average Bonchev–Trinajstić information content (AvgIpc) is 2.68. The zero-order valence-corrected chi connectivity index (χ0v) is 15.4. The molecule has 27 heavy (non-hydrogen) atoms. The van der Waals surface area contributed by atoms with Crippen molar-refractivity contribution in [3.8, 4) is 0 Å². The standard InChI is InChI=1S/C20H22N4O3/c1-3-23(4-2)15-11-9-14(10-12-15)21-18(25)13-24-20(27)17-8-6-5-7-16(17)19(26)22-24/h5-12H,3-4,13H2,1-2H3,(H,21,25)(H,22,26). The van der Waals surface area contributed by atoms with Crippen LogP contribution in [-0.2, 0) is 11.3 Å². The molecule has 0 radical (unpaired) electrons. The molecule has 0 aliphatic rings. The number of H-pyrrole nitrogens is 1. The van der Waals surface area contributed by atoms with E-state index in [1.807, 2.05) is 24.3 Å². The third-order valence-corrected chi connectivity index (χ3v) is 4.47. The second kappa shape index (κ2) is 7.90. The first kappa shape index (κ1) is 18.4. The summed E-state index contributed by atoms with van der Waals surface area (Å²) < 4.78 is 1.03. The average molecular weight is 366 g/mol. The van der Waals surface area contributed by atoms with Crippen LogP contribution >= 0.6 is 0 Å². The van der Waals surface area contributed by atoms with E-state index < -0.39 is 17.0 Å². The molecule has 7 heteroatoms. The molecular weight excluding hydrogens is 344 g/mol. The molecule has 0 atom stereocenters. The largest absolute Gasteiger partial charge is 0.372 e. The highest BCUT2D eigenvalue weighted by Crippen LogP contribution is 2.17. The molecule has 1 heterocycles. The zero-order valence-electron chi connectivity index (χ0n) is 15.4. The van der Waals surface area contributed by atoms with Gasteiger partial charge in [-0.05, 0) is 50.2 Å². The quantitative estimate of drug-likeness (QED) is 0.700. The lowest BCUT2D eigenvalue weighted by molar-refractivity contribution is -0.117. The molecule has 3 aromatic rings. The lowest BCUT2D eigenvalue weighted by atomic mass is 10.2. The molecule has 0 unspecified atom stereocenters. The maximum Gasteiger partial charge on any atom is 0.273 e. The number of rotatable bonds is 6. The lowest BCUT2D eigenvalue weighted by Gasteiger charge is -2.21. The molecular formula is C20H22N4O3. The molecule has 0 aliphatic carbocycles. The highest BCUT2D eigenvalue weighted by molar-refractivity contribution is 5.91. The van der Waals surface area contributed by atoms with Gasteiger partial charge in [0.05, 0.1) is 10.8 Å². The van der Waals surface area contributed by atoms with Crippen LogP contribution in [0.4, 0.5) is 11.4 Å². The van der Waals surface area contributed by atoms with E-state index in [1.165, 1.54) is 0 Å². The highest BCUT2D eigenvalue weighted by Gasteiger charge is 2.10. The Morgan fingerprint density at radius 1 is 1.00 bits per heavy atom. The van der Waals surface area contributed by atoms with Crippen molar-refractivity contribution in [2.75, 3.05) is 23.3 Å². The Balaban J connectivity index is 1.77. The van der Waals surface area contributed by atoms with Gasteiger partial charge in [0.2, 0.25) is 5.91 Å². The van der Waals surface area contributed by atoms with Crippen LogP contribution in [-0.4, -0.2) is 28.8 Å². The van der Waals surface area contributed by atoms with Crippen molar-refractivity contribution >= 4 is 28.1 Å². The van der Waals surface area contributed by atoms with Crippen molar-refractivity contribution in [1.29, 1.82) is 0 Å². The normalized spacial score (nSPS) is 10.7. The summed E-state index contributed by atoms with van der Waals surface area (Å²) in [5.74, 6) is -0.390. The van der Waals surface area contributed by atoms with Crippen LogP contribution in [0.5, 0.6) is 0 Å². The molecule has 2 aromatic carbocycles. The van der Waals surface area contributed by atoms with Crippen molar-refractivity contribution in [3.05, 3.63) is 69.2 Å². The Hall–Kier alpha value is -3.35. The summed E-state index contributed by atoms with van der Waals surface area (Å²) in [4.78, 5) is 39.1.